The standard InChI is InChI=1S/C15H16F2N2O3/c16-15(17)21-12-4-1-8(5-13(12)22-15)14(20)19-11-6-9-2-3-10(7-11)18-9/h1,4-5,9-11,18H,2-3,6-7H2,(H,19,20)/t9-,10+,11-. The number of carbonyl (C=O) groups is 1. The second kappa shape index (κ2) is 4.81. The van der Waals surface area contributed by atoms with Crippen LogP contribution in [-0.2, 0) is 0 Å². The molecule has 1 aromatic carbocycles. The Bertz CT molecular complexity index is 611. The highest BCUT2D eigenvalue weighted by atomic mass is 19.3. The minimum absolute atomic E-state index is 0.0542. The van der Waals surface area contributed by atoms with Gasteiger partial charge in [-0.05, 0) is 43.9 Å². The van der Waals surface area contributed by atoms with Crippen molar-refractivity contribution in [2.24, 2.45) is 0 Å². The molecule has 3 heterocycles. The molecule has 2 bridgehead atoms. The fraction of sp³-hybridized carbons (Fsp3) is 0.533. The number of benzene rings is 1. The number of piperidine rings is 1. The van der Waals surface area contributed by atoms with E-state index in [1.165, 1.54) is 18.2 Å². The highest BCUT2D eigenvalue weighted by Gasteiger charge is 2.43. The Balaban J connectivity index is 1.45. The van der Waals surface area contributed by atoms with Crippen LogP contribution >= 0.6 is 0 Å². The number of ether oxygens (including phenoxy) is 2. The summed E-state index contributed by atoms with van der Waals surface area (Å²) in [5, 5.41) is 6.49. The Kier molecular flexibility index (Phi) is 3.00. The van der Waals surface area contributed by atoms with Crippen LogP contribution in [0.5, 0.6) is 11.5 Å². The zero-order valence-electron chi connectivity index (χ0n) is 11.8. The SMILES string of the molecule is O=C(N[C@@H]1C[C@H]2CC[C@@H](C1)N2)c1ccc2c(c1)OC(F)(F)O2. The Hall–Kier alpha value is -1.89. The molecule has 118 valence electrons. The molecule has 1 aromatic rings. The Morgan fingerprint density at radius 3 is 2.59 bits per heavy atom. The number of hydrogen-bond acceptors (Lipinski definition) is 4. The van der Waals surface area contributed by atoms with E-state index in [4.69, 9.17) is 0 Å². The predicted molar refractivity (Wildman–Crippen MR) is 73.1 cm³/mol. The van der Waals surface area contributed by atoms with Crippen molar-refractivity contribution < 1.29 is 23.0 Å². The van der Waals surface area contributed by atoms with E-state index in [0.29, 0.717) is 17.6 Å². The molecule has 3 aliphatic heterocycles. The van der Waals surface area contributed by atoms with E-state index in [1.807, 2.05) is 0 Å². The molecule has 22 heavy (non-hydrogen) atoms. The van der Waals surface area contributed by atoms with E-state index in [0.717, 1.165) is 25.7 Å². The van der Waals surface area contributed by atoms with Crippen molar-refractivity contribution in [3.63, 3.8) is 0 Å². The minimum Gasteiger partial charge on any atom is -0.395 e. The number of hydrogen-bond donors (Lipinski definition) is 2. The van der Waals surface area contributed by atoms with E-state index < -0.39 is 6.29 Å². The third-order valence-corrected chi connectivity index (χ3v) is 4.47. The Morgan fingerprint density at radius 2 is 1.86 bits per heavy atom. The van der Waals surface area contributed by atoms with Gasteiger partial charge in [0.25, 0.3) is 5.91 Å². The van der Waals surface area contributed by atoms with Gasteiger partial charge in [-0.25, -0.2) is 0 Å². The summed E-state index contributed by atoms with van der Waals surface area (Å²) in [6.07, 6.45) is 0.452. The molecule has 4 rings (SSSR count). The summed E-state index contributed by atoms with van der Waals surface area (Å²) in [5.41, 5.74) is 0.297. The molecule has 1 amide bonds. The normalized spacial score (nSPS) is 31.1. The van der Waals surface area contributed by atoms with Crippen molar-refractivity contribution >= 4 is 5.91 Å². The van der Waals surface area contributed by atoms with E-state index in [1.54, 1.807) is 0 Å². The molecule has 2 saturated heterocycles. The van der Waals surface area contributed by atoms with Crippen LogP contribution in [0.15, 0.2) is 18.2 Å². The number of carbonyl (C=O) groups excluding carboxylic acids is 1. The van der Waals surface area contributed by atoms with Gasteiger partial charge in [-0.2, -0.15) is 0 Å². The first-order valence-corrected chi connectivity index (χ1v) is 7.45. The lowest BCUT2D eigenvalue weighted by atomic mass is 9.99. The van der Waals surface area contributed by atoms with Gasteiger partial charge in [-0.3, -0.25) is 4.79 Å². The molecular weight excluding hydrogens is 294 g/mol. The molecule has 0 spiro atoms. The zero-order valence-corrected chi connectivity index (χ0v) is 11.8. The monoisotopic (exact) mass is 310 g/mol. The van der Waals surface area contributed by atoms with Crippen molar-refractivity contribution in [2.75, 3.05) is 0 Å². The van der Waals surface area contributed by atoms with Gasteiger partial charge in [-0.1, -0.05) is 0 Å². The maximum Gasteiger partial charge on any atom is 0.586 e. The summed E-state index contributed by atoms with van der Waals surface area (Å²) in [5.74, 6) is -0.433. The number of halogens is 2. The van der Waals surface area contributed by atoms with Gasteiger partial charge < -0.3 is 20.1 Å². The molecule has 5 nitrogen and oxygen atoms in total. The third-order valence-electron chi connectivity index (χ3n) is 4.47. The van der Waals surface area contributed by atoms with E-state index in [-0.39, 0.29) is 23.4 Å². The smallest absolute Gasteiger partial charge is 0.395 e. The van der Waals surface area contributed by atoms with Gasteiger partial charge in [0, 0.05) is 23.7 Å². The number of amides is 1. The molecule has 0 aromatic heterocycles. The second-order valence-electron chi connectivity index (χ2n) is 6.11. The fourth-order valence-electron chi connectivity index (χ4n) is 3.53. The quantitative estimate of drug-likeness (QED) is 0.877. The molecule has 2 N–H and O–H groups in total. The van der Waals surface area contributed by atoms with Crippen LogP contribution in [-0.4, -0.2) is 30.3 Å². The molecular formula is C15H16F2N2O3. The summed E-state index contributed by atoms with van der Waals surface area (Å²) in [6, 6.07) is 5.16. The maximum absolute atomic E-state index is 13.0. The first kappa shape index (κ1) is 13.8. The summed E-state index contributed by atoms with van der Waals surface area (Å²) < 4.78 is 34.7. The summed E-state index contributed by atoms with van der Waals surface area (Å²) in [6.45, 7) is 0. The van der Waals surface area contributed by atoms with Crippen LogP contribution in [0.25, 0.3) is 0 Å². The largest absolute Gasteiger partial charge is 0.586 e. The van der Waals surface area contributed by atoms with Crippen molar-refractivity contribution in [3.05, 3.63) is 23.8 Å². The molecule has 2 fully saturated rings. The van der Waals surface area contributed by atoms with Gasteiger partial charge in [0.15, 0.2) is 11.5 Å². The summed E-state index contributed by atoms with van der Waals surface area (Å²) in [4.78, 5) is 12.3. The van der Waals surface area contributed by atoms with Gasteiger partial charge in [0.05, 0.1) is 0 Å². The van der Waals surface area contributed by atoms with Crippen LogP contribution in [0.1, 0.15) is 36.0 Å². The van der Waals surface area contributed by atoms with Crippen LogP contribution in [0.4, 0.5) is 8.78 Å². The molecule has 0 saturated carbocycles. The Labute approximate surface area is 126 Å². The van der Waals surface area contributed by atoms with Crippen LogP contribution in [0, 0.1) is 0 Å². The van der Waals surface area contributed by atoms with E-state index in [2.05, 4.69) is 20.1 Å². The molecule has 0 aliphatic carbocycles. The van der Waals surface area contributed by atoms with E-state index in [9.17, 15) is 13.6 Å². The van der Waals surface area contributed by atoms with Gasteiger partial charge in [-0.15, -0.1) is 8.78 Å². The first-order chi connectivity index (χ1) is 10.5. The highest BCUT2D eigenvalue weighted by Crippen LogP contribution is 2.41. The lowest BCUT2D eigenvalue weighted by Crippen LogP contribution is -2.48. The van der Waals surface area contributed by atoms with Crippen molar-refractivity contribution in [2.45, 2.75) is 50.1 Å². The van der Waals surface area contributed by atoms with Gasteiger partial charge >= 0.3 is 6.29 Å². The second-order valence-corrected chi connectivity index (χ2v) is 6.11. The summed E-state index contributed by atoms with van der Waals surface area (Å²) in [7, 11) is 0. The minimum atomic E-state index is -3.66. The van der Waals surface area contributed by atoms with Crippen molar-refractivity contribution in [3.8, 4) is 11.5 Å². The van der Waals surface area contributed by atoms with Crippen LogP contribution in [0.3, 0.4) is 0 Å². The lowest BCUT2D eigenvalue weighted by molar-refractivity contribution is -0.286. The molecule has 7 heteroatoms. The topological polar surface area (TPSA) is 59.6 Å². The van der Waals surface area contributed by atoms with Crippen molar-refractivity contribution in [1.29, 1.82) is 0 Å². The predicted octanol–water partition coefficient (Wildman–Crippen LogP) is 2.02. The first-order valence-electron chi connectivity index (χ1n) is 7.45. The molecule has 3 aliphatic rings. The maximum atomic E-state index is 13.0. The van der Waals surface area contributed by atoms with Gasteiger partial charge in [0.2, 0.25) is 0 Å². The highest BCUT2D eigenvalue weighted by molar-refractivity contribution is 5.95. The lowest BCUT2D eigenvalue weighted by Gasteiger charge is -2.29. The van der Waals surface area contributed by atoms with E-state index >= 15 is 0 Å². The Morgan fingerprint density at radius 1 is 1.18 bits per heavy atom. The van der Waals surface area contributed by atoms with Crippen molar-refractivity contribution in [1.82, 2.24) is 10.6 Å². The molecule has 3 atom stereocenters. The fourth-order valence-corrected chi connectivity index (χ4v) is 3.53. The average molecular weight is 310 g/mol. The van der Waals surface area contributed by atoms with Gasteiger partial charge in [0.1, 0.15) is 0 Å². The molecule has 0 radical (unpaired) electrons. The molecule has 0 unspecified atom stereocenters. The van der Waals surface area contributed by atoms with Crippen LogP contribution < -0.4 is 20.1 Å². The van der Waals surface area contributed by atoms with Crippen LogP contribution in [0.2, 0.25) is 0 Å². The number of alkyl halides is 2. The number of rotatable bonds is 2. The number of nitrogens with one attached hydrogen (secondary N) is 2. The average Bonchev–Trinajstić information content (AvgIpc) is 2.95. The summed E-state index contributed by atoms with van der Waals surface area (Å²) >= 11 is 0. The number of fused-ring (bicyclic) bond motifs is 3. The third kappa shape index (κ3) is 2.49. The zero-order chi connectivity index (χ0) is 15.3.